The van der Waals surface area contributed by atoms with E-state index in [9.17, 15) is 0 Å². The van der Waals surface area contributed by atoms with Gasteiger partial charge in [0.15, 0.2) is 0 Å². The second kappa shape index (κ2) is 6.55. The lowest BCUT2D eigenvalue weighted by molar-refractivity contribution is -0.0756. The van der Waals surface area contributed by atoms with Crippen LogP contribution in [-0.4, -0.2) is 36.2 Å². The summed E-state index contributed by atoms with van der Waals surface area (Å²) in [5.74, 6) is 0. The van der Waals surface area contributed by atoms with Gasteiger partial charge in [-0.3, -0.25) is 4.90 Å². The van der Waals surface area contributed by atoms with Gasteiger partial charge in [0.25, 0.3) is 0 Å². The molecule has 1 aromatic heterocycles. The number of ether oxygens (including phenoxy) is 1. The summed E-state index contributed by atoms with van der Waals surface area (Å²) >= 11 is 7.72. The molecular weight excluding hydrogens is 280 g/mol. The maximum absolute atomic E-state index is 6.25. The highest BCUT2D eigenvalue weighted by Gasteiger charge is 2.34. The number of hydrogen-bond donors (Lipinski definition) is 1. The fourth-order valence-corrected chi connectivity index (χ4v) is 4.07. The molecule has 108 valence electrons. The molecule has 1 saturated heterocycles. The average molecular weight is 303 g/mol. The minimum absolute atomic E-state index is 0.0778. The molecule has 2 rings (SSSR count). The van der Waals surface area contributed by atoms with Crippen LogP contribution in [-0.2, 0) is 4.74 Å². The molecule has 2 heterocycles. The van der Waals surface area contributed by atoms with Crippen molar-refractivity contribution in [2.45, 2.75) is 51.4 Å². The molecule has 0 radical (unpaired) electrons. The van der Waals surface area contributed by atoms with Crippen LogP contribution in [0, 0.1) is 0 Å². The molecule has 4 atom stereocenters. The molecule has 5 heteroatoms. The first-order chi connectivity index (χ1) is 9.02. The molecule has 0 spiro atoms. The van der Waals surface area contributed by atoms with Crippen LogP contribution < -0.4 is 5.73 Å². The third kappa shape index (κ3) is 3.50. The average Bonchev–Trinajstić information content (AvgIpc) is 2.76. The third-order valence-corrected chi connectivity index (χ3v) is 5.02. The quantitative estimate of drug-likeness (QED) is 0.927. The summed E-state index contributed by atoms with van der Waals surface area (Å²) in [6.45, 7) is 8.13. The van der Waals surface area contributed by atoms with Crippen LogP contribution in [0.1, 0.15) is 38.1 Å². The predicted molar refractivity (Wildman–Crippen MR) is 81.9 cm³/mol. The molecule has 4 unspecified atom stereocenters. The predicted octanol–water partition coefficient (Wildman–Crippen LogP) is 3.29. The molecule has 1 aliphatic heterocycles. The molecule has 0 saturated carbocycles. The van der Waals surface area contributed by atoms with Crippen molar-refractivity contribution in [3.05, 3.63) is 21.3 Å². The topological polar surface area (TPSA) is 38.5 Å². The molecule has 1 fully saturated rings. The maximum Gasteiger partial charge on any atom is 0.0931 e. The molecule has 0 amide bonds. The Morgan fingerprint density at radius 2 is 2.32 bits per heavy atom. The number of nitrogens with two attached hydrogens (primary N) is 1. The summed E-state index contributed by atoms with van der Waals surface area (Å²) in [5.41, 5.74) is 6.25. The summed E-state index contributed by atoms with van der Waals surface area (Å²) < 4.78 is 6.61. The SMILES string of the molecule is CCC1COC(C)CN1C(c1ccc(Cl)s1)C(C)N. The van der Waals surface area contributed by atoms with Crippen LogP contribution >= 0.6 is 22.9 Å². The fourth-order valence-electron chi connectivity index (χ4n) is 2.77. The lowest BCUT2D eigenvalue weighted by Gasteiger charge is -2.44. The monoisotopic (exact) mass is 302 g/mol. The van der Waals surface area contributed by atoms with E-state index in [0.29, 0.717) is 6.04 Å². The van der Waals surface area contributed by atoms with Crippen molar-refractivity contribution in [3.8, 4) is 0 Å². The number of hydrogen-bond acceptors (Lipinski definition) is 4. The van der Waals surface area contributed by atoms with E-state index in [1.54, 1.807) is 11.3 Å². The van der Waals surface area contributed by atoms with Crippen LogP contribution in [0.2, 0.25) is 4.34 Å². The van der Waals surface area contributed by atoms with Gasteiger partial charge in [0.1, 0.15) is 0 Å². The Hall–Kier alpha value is -0.130. The first-order valence-electron chi connectivity index (χ1n) is 6.91. The zero-order valence-corrected chi connectivity index (χ0v) is 13.4. The van der Waals surface area contributed by atoms with Gasteiger partial charge in [0, 0.05) is 23.5 Å². The highest BCUT2D eigenvalue weighted by molar-refractivity contribution is 7.16. The van der Waals surface area contributed by atoms with Gasteiger partial charge in [0.05, 0.1) is 23.1 Å². The first kappa shape index (κ1) is 15.3. The molecule has 0 aromatic carbocycles. The number of morpholine rings is 1. The van der Waals surface area contributed by atoms with Gasteiger partial charge in [-0.25, -0.2) is 0 Å². The molecule has 19 heavy (non-hydrogen) atoms. The van der Waals surface area contributed by atoms with Crippen molar-refractivity contribution in [1.82, 2.24) is 4.90 Å². The van der Waals surface area contributed by atoms with Crippen LogP contribution in [0.25, 0.3) is 0 Å². The van der Waals surface area contributed by atoms with Crippen LogP contribution in [0.3, 0.4) is 0 Å². The Morgan fingerprint density at radius 1 is 1.58 bits per heavy atom. The minimum Gasteiger partial charge on any atom is -0.376 e. The van der Waals surface area contributed by atoms with Gasteiger partial charge >= 0.3 is 0 Å². The van der Waals surface area contributed by atoms with Crippen LogP contribution in [0.4, 0.5) is 0 Å². The zero-order chi connectivity index (χ0) is 14.0. The van der Waals surface area contributed by atoms with Crippen molar-refractivity contribution < 1.29 is 4.74 Å². The Morgan fingerprint density at radius 3 is 2.84 bits per heavy atom. The molecule has 3 nitrogen and oxygen atoms in total. The summed E-state index contributed by atoms with van der Waals surface area (Å²) in [5, 5.41) is 0. The van der Waals surface area contributed by atoms with Crippen LogP contribution in [0.15, 0.2) is 12.1 Å². The normalized spacial score (nSPS) is 28.3. The van der Waals surface area contributed by atoms with Gasteiger partial charge in [0.2, 0.25) is 0 Å². The van der Waals surface area contributed by atoms with Gasteiger partial charge in [-0.1, -0.05) is 18.5 Å². The Balaban J connectivity index is 2.26. The van der Waals surface area contributed by atoms with Crippen molar-refractivity contribution in [2.75, 3.05) is 13.2 Å². The molecule has 1 aromatic rings. The number of rotatable bonds is 4. The van der Waals surface area contributed by atoms with E-state index in [2.05, 4.69) is 31.7 Å². The Bertz CT molecular complexity index is 410. The van der Waals surface area contributed by atoms with E-state index in [1.165, 1.54) is 4.88 Å². The van der Waals surface area contributed by atoms with Gasteiger partial charge in [-0.05, 0) is 32.4 Å². The van der Waals surface area contributed by atoms with Crippen molar-refractivity contribution >= 4 is 22.9 Å². The van der Waals surface area contributed by atoms with Crippen molar-refractivity contribution in [1.29, 1.82) is 0 Å². The number of nitrogens with zero attached hydrogens (tertiary/aromatic N) is 1. The molecule has 0 aliphatic carbocycles. The maximum atomic E-state index is 6.25. The van der Waals surface area contributed by atoms with E-state index in [4.69, 9.17) is 22.1 Å². The standard InChI is InChI=1S/C14H23ClN2OS/c1-4-11-8-18-9(2)7-17(11)14(10(3)16)12-5-6-13(15)19-12/h5-6,9-11,14H,4,7-8,16H2,1-3H3. The summed E-state index contributed by atoms with van der Waals surface area (Å²) in [6.07, 6.45) is 1.34. The highest BCUT2D eigenvalue weighted by atomic mass is 35.5. The number of thiophene rings is 1. The second-order valence-electron chi connectivity index (χ2n) is 5.35. The lowest BCUT2D eigenvalue weighted by Crippen LogP contribution is -2.53. The third-order valence-electron chi connectivity index (χ3n) is 3.72. The molecule has 1 aliphatic rings. The summed E-state index contributed by atoms with van der Waals surface area (Å²) in [6, 6.07) is 4.81. The number of halogens is 1. The smallest absolute Gasteiger partial charge is 0.0931 e. The fraction of sp³-hybridized carbons (Fsp3) is 0.714. The molecular formula is C14H23ClN2OS. The Kier molecular flexibility index (Phi) is 5.26. The first-order valence-corrected chi connectivity index (χ1v) is 8.10. The molecule has 0 bridgehead atoms. The molecule has 2 N–H and O–H groups in total. The van der Waals surface area contributed by atoms with Crippen LogP contribution in [0.5, 0.6) is 0 Å². The summed E-state index contributed by atoms with van der Waals surface area (Å²) in [4.78, 5) is 3.76. The van der Waals surface area contributed by atoms with Gasteiger partial charge in [-0.15, -0.1) is 11.3 Å². The van der Waals surface area contributed by atoms with Gasteiger partial charge in [-0.2, -0.15) is 0 Å². The van der Waals surface area contributed by atoms with E-state index >= 15 is 0 Å². The largest absolute Gasteiger partial charge is 0.376 e. The minimum atomic E-state index is 0.0778. The zero-order valence-electron chi connectivity index (χ0n) is 11.8. The summed E-state index contributed by atoms with van der Waals surface area (Å²) in [7, 11) is 0. The Labute approximate surface area is 124 Å². The van der Waals surface area contributed by atoms with E-state index in [1.807, 2.05) is 6.07 Å². The lowest BCUT2D eigenvalue weighted by atomic mass is 10.0. The van der Waals surface area contributed by atoms with E-state index in [-0.39, 0.29) is 18.2 Å². The second-order valence-corrected chi connectivity index (χ2v) is 7.10. The van der Waals surface area contributed by atoms with Gasteiger partial charge < -0.3 is 10.5 Å². The van der Waals surface area contributed by atoms with E-state index in [0.717, 1.165) is 23.9 Å². The van der Waals surface area contributed by atoms with Crippen molar-refractivity contribution in [2.24, 2.45) is 5.73 Å². The van der Waals surface area contributed by atoms with Crippen molar-refractivity contribution in [3.63, 3.8) is 0 Å². The highest BCUT2D eigenvalue weighted by Crippen LogP contribution is 2.35. The van der Waals surface area contributed by atoms with E-state index < -0.39 is 0 Å².